The molecular weight excluding hydrogens is 176 g/mol. The highest BCUT2D eigenvalue weighted by Crippen LogP contribution is 2.21. The Morgan fingerprint density at radius 3 is 2.50 bits per heavy atom. The van der Waals surface area contributed by atoms with Crippen LogP contribution in [0, 0.1) is 5.92 Å². The van der Waals surface area contributed by atoms with Gasteiger partial charge >= 0.3 is 0 Å². The Morgan fingerprint density at radius 2 is 1.86 bits per heavy atom. The molecule has 0 aromatic carbocycles. The first-order valence-corrected chi connectivity index (χ1v) is 5.90. The van der Waals surface area contributed by atoms with Crippen molar-refractivity contribution in [3.8, 4) is 0 Å². The Balaban J connectivity index is 1.82. The molecule has 0 aliphatic carbocycles. The second-order valence-corrected chi connectivity index (χ2v) is 4.48. The van der Waals surface area contributed by atoms with E-state index in [4.69, 9.17) is 4.74 Å². The van der Waals surface area contributed by atoms with Crippen LogP contribution in [0.15, 0.2) is 0 Å². The predicted octanol–water partition coefficient (Wildman–Crippen LogP) is 0.707. The predicted molar refractivity (Wildman–Crippen MR) is 57.4 cm³/mol. The average Bonchev–Trinajstić information content (AvgIpc) is 2.30. The minimum atomic E-state index is 0.751. The lowest BCUT2D eigenvalue weighted by Crippen LogP contribution is -2.47. The molecule has 0 radical (unpaired) electrons. The van der Waals surface area contributed by atoms with Gasteiger partial charge in [0.05, 0.1) is 13.2 Å². The highest BCUT2D eigenvalue weighted by atomic mass is 16.5. The Morgan fingerprint density at radius 1 is 1.21 bits per heavy atom. The second kappa shape index (κ2) is 5.10. The summed E-state index contributed by atoms with van der Waals surface area (Å²) in [7, 11) is 0. The summed E-state index contributed by atoms with van der Waals surface area (Å²) in [6, 6.07) is 0.751. The van der Waals surface area contributed by atoms with E-state index >= 15 is 0 Å². The maximum atomic E-state index is 5.38. The molecule has 1 N–H and O–H groups in total. The summed E-state index contributed by atoms with van der Waals surface area (Å²) in [6.07, 6.45) is 2.69. The van der Waals surface area contributed by atoms with E-state index in [0.717, 1.165) is 38.3 Å². The van der Waals surface area contributed by atoms with Crippen molar-refractivity contribution in [1.82, 2.24) is 10.2 Å². The van der Waals surface area contributed by atoms with Crippen LogP contribution in [-0.4, -0.2) is 50.3 Å². The van der Waals surface area contributed by atoms with Crippen molar-refractivity contribution in [2.24, 2.45) is 5.92 Å². The van der Waals surface area contributed by atoms with Crippen molar-refractivity contribution >= 4 is 0 Å². The van der Waals surface area contributed by atoms with Gasteiger partial charge in [-0.05, 0) is 38.8 Å². The van der Waals surface area contributed by atoms with E-state index in [1.807, 2.05) is 0 Å². The van der Waals surface area contributed by atoms with Crippen LogP contribution in [0.4, 0.5) is 0 Å². The van der Waals surface area contributed by atoms with Crippen LogP contribution < -0.4 is 5.32 Å². The summed E-state index contributed by atoms with van der Waals surface area (Å²) in [4.78, 5) is 2.60. The third-order valence-corrected chi connectivity index (χ3v) is 3.69. The van der Waals surface area contributed by atoms with E-state index in [2.05, 4.69) is 17.1 Å². The quantitative estimate of drug-likeness (QED) is 0.707. The Bertz CT molecular complexity index is 145. The van der Waals surface area contributed by atoms with Crippen LogP contribution in [0.5, 0.6) is 0 Å². The molecule has 0 spiro atoms. The summed E-state index contributed by atoms with van der Waals surface area (Å²) >= 11 is 0. The zero-order chi connectivity index (χ0) is 9.80. The number of ether oxygens (including phenoxy) is 1. The molecule has 14 heavy (non-hydrogen) atoms. The fourth-order valence-electron chi connectivity index (χ4n) is 2.61. The van der Waals surface area contributed by atoms with Gasteiger partial charge in [0.25, 0.3) is 0 Å². The van der Waals surface area contributed by atoms with Crippen molar-refractivity contribution in [3.63, 3.8) is 0 Å². The molecule has 2 saturated heterocycles. The van der Waals surface area contributed by atoms with Gasteiger partial charge in [0, 0.05) is 19.1 Å². The molecule has 3 nitrogen and oxygen atoms in total. The van der Waals surface area contributed by atoms with Crippen LogP contribution in [-0.2, 0) is 4.74 Å². The van der Waals surface area contributed by atoms with Crippen LogP contribution >= 0.6 is 0 Å². The number of nitrogens with one attached hydrogen (secondary N) is 1. The zero-order valence-corrected chi connectivity index (χ0v) is 9.17. The minimum absolute atomic E-state index is 0.751. The summed E-state index contributed by atoms with van der Waals surface area (Å²) in [5, 5.41) is 3.43. The van der Waals surface area contributed by atoms with Crippen molar-refractivity contribution in [2.45, 2.75) is 25.8 Å². The Hall–Kier alpha value is -0.120. The molecule has 1 atom stereocenters. The lowest BCUT2D eigenvalue weighted by Gasteiger charge is -2.38. The number of nitrogens with zero attached hydrogens (tertiary/aromatic N) is 1. The molecule has 2 aliphatic heterocycles. The first-order valence-electron chi connectivity index (χ1n) is 5.90. The minimum Gasteiger partial charge on any atom is -0.379 e. The summed E-state index contributed by atoms with van der Waals surface area (Å²) in [5.41, 5.74) is 0. The third kappa shape index (κ3) is 2.47. The van der Waals surface area contributed by atoms with E-state index in [9.17, 15) is 0 Å². The molecule has 2 fully saturated rings. The van der Waals surface area contributed by atoms with Crippen LogP contribution in [0.25, 0.3) is 0 Å². The van der Waals surface area contributed by atoms with E-state index in [-0.39, 0.29) is 0 Å². The number of rotatable bonds is 2. The first kappa shape index (κ1) is 10.4. The molecule has 82 valence electrons. The molecule has 0 unspecified atom stereocenters. The molecule has 3 heteroatoms. The van der Waals surface area contributed by atoms with Crippen LogP contribution in [0.2, 0.25) is 0 Å². The SMILES string of the molecule is C[C@H](C1CCNCC1)N1CCOCC1. The standard InChI is InChI=1S/C11H22N2O/c1-10(11-2-4-12-5-3-11)13-6-8-14-9-7-13/h10-12H,2-9H2,1H3/t10-/m1/s1. The Labute approximate surface area is 86.8 Å². The molecule has 2 rings (SSSR count). The van der Waals surface area contributed by atoms with Gasteiger partial charge in [-0.3, -0.25) is 4.90 Å². The monoisotopic (exact) mass is 198 g/mol. The topological polar surface area (TPSA) is 24.5 Å². The molecule has 0 saturated carbocycles. The van der Waals surface area contributed by atoms with Crippen molar-refractivity contribution < 1.29 is 4.74 Å². The highest BCUT2D eigenvalue weighted by molar-refractivity contribution is 4.80. The number of hydrogen-bond donors (Lipinski definition) is 1. The molecular formula is C11H22N2O. The number of hydrogen-bond acceptors (Lipinski definition) is 3. The summed E-state index contributed by atoms with van der Waals surface area (Å²) in [5.74, 6) is 0.898. The molecule has 2 aliphatic rings. The third-order valence-electron chi connectivity index (χ3n) is 3.69. The van der Waals surface area contributed by atoms with E-state index < -0.39 is 0 Å². The van der Waals surface area contributed by atoms with Crippen molar-refractivity contribution in [2.75, 3.05) is 39.4 Å². The number of morpholine rings is 1. The molecule has 2 heterocycles. The summed E-state index contributed by atoms with van der Waals surface area (Å²) in [6.45, 7) is 8.92. The van der Waals surface area contributed by atoms with Gasteiger partial charge in [-0.15, -0.1) is 0 Å². The Kier molecular flexibility index (Phi) is 3.79. The van der Waals surface area contributed by atoms with Gasteiger partial charge in [0.15, 0.2) is 0 Å². The maximum Gasteiger partial charge on any atom is 0.0594 e. The van der Waals surface area contributed by atoms with Gasteiger partial charge in [-0.2, -0.15) is 0 Å². The largest absolute Gasteiger partial charge is 0.379 e. The second-order valence-electron chi connectivity index (χ2n) is 4.48. The van der Waals surface area contributed by atoms with E-state index in [0.29, 0.717) is 0 Å². The average molecular weight is 198 g/mol. The van der Waals surface area contributed by atoms with Gasteiger partial charge in [0.2, 0.25) is 0 Å². The fourth-order valence-corrected chi connectivity index (χ4v) is 2.61. The number of piperidine rings is 1. The van der Waals surface area contributed by atoms with Gasteiger partial charge in [-0.1, -0.05) is 0 Å². The van der Waals surface area contributed by atoms with E-state index in [1.54, 1.807) is 0 Å². The smallest absolute Gasteiger partial charge is 0.0594 e. The van der Waals surface area contributed by atoms with Crippen molar-refractivity contribution in [1.29, 1.82) is 0 Å². The first-order chi connectivity index (χ1) is 6.88. The molecule has 0 aromatic heterocycles. The van der Waals surface area contributed by atoms with Crippen LogP contribution in [0.3, 0.4) is 0 Å². The lowest BCUT2D eigenvalue weighted by atomic mass is 9.90. The van der Waals surface area contributed by atoms with Crippen molar-refractivity contribution in [3.05, 3.63) is 0 Å². The fraction of sp³-hybridized carbons (Fsp3) is 1.00. The normalized spacial score (nSPS) is 28.9. The van der Waals surface area contributed by atoms with Gasteiger partial charge < -0.3 is 10.1 Å². The van der Waals surface area contributed by atoms with Gasteiger partial charge in [-0.25, -0.2) is 0 Å². The van der Waals surface area contributed by atoms with Gasteiger partial charge in [0.1, 0.15) is 0 Å². The molecule has 0 bridgehead atoms. The van der Waals surface area contributed by atoms with Crippen LogP contribution in [0.1, 0.15) is 19.8 Å². The summed E-state index contributed by atoms with van der Waals surface area (Å²) < 4.78 is 5.38. The highest BCUT2D eigenvalue weighted by Gasteiger charge is 2.25. The maximum absolute atomic E-state index is 5.38. The lowest BCUT2D eigenvalue weighted by molar-refractivity contribution is 0.00376. The molecule has 0 aromatic rings. The molecule has 0 amide bonds. The van der Waals surface area contributed by atoms with E-state index in [1.165, 1.54) is 25.9 Å². The zero-order valence-electron chi connectivity index (χ0n) is 9.17.